The number of benzene rings is 1. The third kappa shape index (κ3) is 1.70. The van der Waals surface area contributed by atoms with Gasteiger partial charge < -0.3 is 5.32 Å². The Morgan fingerprint density at radius 3 is 3.18 bits per heavy atom. The molecule has 0 saturated heterocycles. The van der Waals surface area contributed by atoms with Gasteiger partial charge in [0.15, 0.2) is 0 Å². The van der Waals surface area contributed by atoms with E-state index < -0.39 is 0 Å². The first-order valence-corrected chi connectivity index (χ1v) is 5.70. The minimum Gasteiger partial charge on any atom is -0.323 e. The predicted molar refractivity (Wildman–Crippen MR) is 65.1 cm³/mol. The van der Waals surface area contributed by atoms with Crippen LogP contribution >= 0.6 is 11.6 Å². The Hall–Kier alpha value is -1.81. The average Bonchev–Trinajstić information content (AvgIpc) is 2.74. The lowest BCUT2D eigenvalue weighted by atomic mass is 9.77. The fraction of sp³-hybridized carbons (Fsp3) is 0.167. The van der Waals surface area contributed by atoms with Gasteiger partial charge >= 0.3 is 0 Å². The molecule has 17 heavy (non-hydrogen) atoms. The number of halogens is 1. The van der Waals surface area contributed by atoms with Crippen molar-refractivity contribution in [1.29, 1.82) is 0 Å². The normalized spacial score (nSPS) is 17.1. The van der Waals surface area contributed by atoms with Gasteiger partial charge in [0.1, 0.15) is 0 Å². The van der Waals surface area contributed by atoms with Gasteiger partial charge in [0.05, 0.1) is 17.8 Å². The zero-order valence-electron chi connectivity index (χ0n) is 8.90. The van der Waals surface area contributed by atoms with E-state index in [0.29, 0.717) is 12.1 Å². The second kappa shape index (κ2) is 3.89. The largest absolute Gasteiger partial charge is 0.323 e. The molecular weight excluding hydrogens is 238 g/mol. The Labute approximate surface area is 103 Å². The summed E-state index contributed by atoms with van der Waals surface area (Å²) in [5.41, 5.74) is 2.80. The van der Waals surface area contributed by atoms with Crippen LogP contribution < -0.4 is 5.32 Å². The zero-order chi connectivity index (χ0) is 11.8. The lowest BCUT2D eigenvalue weighted by molar-refractivity contribution is -0.118. The van der Waals surface area contributed by atoms with Gasteiger partial charge in [-0.05, 0) is 23.6 Å². The first-order valence-electron chi connectivity index (χ1n) is 5.32. The van der Waals surface area contributed by atoms with E-state index in [-0.39, 0.29) is 11.8 Å². The first kappa shape index (κ1) is 10.4. The molecule has 1 aliphatic rings. The maximum atomic E-state index is 12.0. The van der Waals surface area contributed by atoms with Gasteiger partial charge in [-0.1, -0.05) is 23.7 Å². The fourth-order valence-electron chi connectivity index (χ4n) is 2.08. The number of nitrogens with one attached hydrogen (secondary N) is 2. The number of hydrogen-bond donors (Lipinski definition) is 2. The minimum atomic E-state index is -0.0985. The number of rotatable bonds is 2. The third-order valence-electron chi connectivity index (χ3n) is 3.02. The van der Waals surface area contributed by atoms with Crippen molar-refractivity contribution in [3.8, 4) is 0 Å². The molecule has 1 aromatic carbocycles. The van der Waals surface area contributed by atoms with Crippen LogP contribution in [0.2, 0.25) is 5.02 Å². The molecule has 1 unspecified atom stereocenters. The Balaban J connectivity index is 1.78. The molecule has 2 N–H and O–H groups in total. The third-order valence-corrected chi connectivity index (χ3v) is 3.38. The summed E-state index contributed by atoms with van der Waals surface area (Å²) in [5.74, 6) is -0.111. The maximum Gasteiger partial charge on any atom is 0.232 e. The number of anilines is 1. The molecule has 0 radical (unpaired) electrons. The first-order chi connectivity index (χ1) is 8.25. The van der Waals surface area contributed by atoms with E-state index in [1.807, 2.05) is 18.2 Å². The van der Waals surface area contributed by atoms with Crippen LogP contribution in [0.5, 0.6) is 0 Å². The van der Waals surface area contributed by atoms with Crippen LogP contribution in [0, 0.1) is 0 Å². The molecule has 3 rings (SSSR count). The molecule has 0 aliphatic heterocycles. The highest BCUT2D eigenvalue weighted by atomic mass is 35.5. The SMILES string of the molecule is O=C(Nc1cn[nH]c1)C1Cc2c(Cl)cccc21. The van der Waals surface area contributed by atoms with Gasteiger partial charge in [0.25, 0.3) is 0 Å². The Morgan fingerprint density at radius 2 is 2.41 bits per heavy atom. The van der Waals surface area contributed by atoms with Crippen molar-refractivity contribution in [2.75, 3.05) is 5.32 Å². The predicted octanol–water partition coefficient (Wildman–Crippen LogP) is 2.34. The standard InChI is InChI=1S/C12H10ClN3O/c13-11-3-1-2-8-9(11)4-10(8)12(17)16-7-5-14-15-6-7/h1-3,5-6,10H,4H2,(H,14,15)(H,16,17). The second-order valence-electron chi connectivity index (χ2n) is 4.04. The van der Waals surface area contributed by atoms with Crippen molar-refractivity contribution < 1.29 is 4.79 Å². The van der Waals surface area contributed by atoms with E-state index in [1.165, 1.54) is 0 Å². The van der Waals surface area contributed by atoms with E-state index in [1.54, 1.807) is 12.4 Å². The van der Waals surface area contributed by atoms with E-state index in [0.717, 1.165) is 16.1 Å². The summed E-state index contributed by atoms with van der Waals surface area (Å²) in [6.45, 7) is 0. The molecule has 0 saturated carbocycles. The molecular formula is C12H10ClN3O. The molecule has 1 aromatic heterocycles. The molecule has 1 aliphatic carbocycles. The highest BCUT2D eigenvalue weighted by Gasteiger charge is 2.33. The summed E-state index contributed by atoms with van der Waals surface area (Å²) in [7, 11) is 0. The lowest BCUT2D eigenvalue weighted by Gasteiger charge is -2.29. The number of fused-ring (bicyclic) bond motifs is 1. The Morgan fingerprint density at radius 1 is 1.53 bits per heavy atom. The number of carbonyl (C=O) groups excluding carboxylic acids is 1. The number of H-pyrrole nitrogens is 1. The van der Waals surface area contributed by atoms with Gasteiger partial charge in [-0.25, -0.2) is 0 Å². The van der Waals surface area contributed by atoms with Gasteiger partial charge in [-0.2, -0.15) is 5.10 Å². The maximum absolute atomic E-state index is 12.0. The van der Waals surface area contributed by atoms with Crippen molar-refractivity contribution >= 4 is 23.2 Å². The lowest BCUT2D eigenvalue weighted by Crippen LogP contribution is -2.30. The molecule has 1 heterocycles. The van der Waals surface area contributed by atoms with Gasteiger partial charge in [-0.15, -0.1) is 0 Å². The van der Waals surface area contributed by atoms with Crippen LogP contribution in [0.4, 0.5) is 5.69 Å². The summed E-state index contributed by atoms with van der Waals surface area (Å²) >= 11 is 6.03. The molecule has 4 nitrogen and oxygen atoms in total. The summed E-state index contributed by atoms with van der Waals surface area (Å²) in [5, 5.41) is 9.98. The topological polar surface area (TPSA) is 57.8 Å². The van der Waals surface area contributed by atoms with E-state index in [9.17, 15) is 4.79 Å². The number of carbonyl (C=O) groups is 1. The second-order valence-corrected chi connectivity index (χ2v) is 4.45. The van der Waals surface area contributed by atoms with Crippen LogP contribution in [0.3, 0.4) is 0 Å². The van der Waals surface area contributed by atoms with E-state index in [2.05, 4.69) is 15.5 Å². The molecule has 0 fully saturated rings. The zero-order valence-corrected chi connectivity index (χ0v) is 9.66. The van der Waals surface area contributed by atoms with Crippen molar-refractivity contribution in [2.45, 2.75) is 12.3 Å². The Bertz CT molecular complexity index is 565. The highest BCUT2D eigenvalue weighted by Crippen LogP contribution is 2.39. The number of nitrogens with zero attached hydrogens (tertiary/aromatic N) is 1. The summed E-state index contributed by atoms with van der Waals surface area (Å²) < 4.78 is 0. The molecule has 0 spiro atoms. The van der Waals surface area contributed by atoms with Gasteiger partial charge in [-0.3, -0.25) is 9.89 Å². The van der Waals surface area contributed by atoms with E-state index >= 15 is 0 Å². The fourth-order valence-corrected chi connectivity index (χ4v) is 2.34. The summed E-state index contributed by atoms with van der Waals surface area (Å²) in [4.78, 5) is 12.0. The Kier molecular flexibility index (Phi) is 2.37. The van der Waals surface area contributed by atoms with Gasteiger partial charge in [0, 0.05) is 11.2 Å². The highest BCUT2D eigenvalue weighted by molar-refractivity contribution is 6.31. The molecule has 2 aromatic rings. The minimum absolute atomic E-state index is 0.0128. The van der Waals surface area contributed by atoms with Crippen LogP contribution in [0.1, 0.15) is 17.0 Å². The molecule has 86 valence electrons. The van der Waals surface area contributed by atoms with Crippen LogP contribution in [0.15, 0.2) is 30.6 Å². The molecule has 0 bridgehead atoms. The summed E-state index contributed by atoms with van der Waals surface area (Å²) in [6, 6.07) is 5.67. The molecule has 1 atom stereocenters. The van der Waals surface area contributed by atoms with Crippen molar-refractivity contribution in [1.82, 2.24) is 10.2 Å². The van der Waals surface area contributed by atoms with Crippen molar-refractivity contribution in [2.24, 2.45) is 0 Å². The number of aromatic nitrogens is 2. The molecule has 1 amide bonds. The number of hydrogen-bond acceptors (Lipinski definition) is 2. The number of amides is 1. The molecule has 5 heteroatoms. The quantitative estimate of drug-likeness (QED) is 0.856. The number of aromatic amines is 1. The summed E-state index contributed by atoms with van der Waals surface area (Å²) in [6.07, 6.45) is 3.93. The smallest absolute Gasteiger partial charge is 0.232 e. The van der Waals surface area contributed by atoms with Crippen molar-refractivity contribution in [3.05, 3.63) is 46.7 Å². The van der Waals surface area contributed by atoms with E-state index in [4.69, 9.17) is 11.6 Å². The van der Waals surface area contributed by atoms with Crippen LogP contribution in [-0.2, 0) is 11.2 Å². The van der Waals surface area contributed by atoms with Gasteiger partial charge in [0.2, 0.25) is 5.91 Å². The van der Waals surface area contributed by atoms with Crippen LogP contribution in [-0.4, -0.2) is 16.1 Å². The monoisotopic (exact) mass is 247 g/mol. The average molecular weight is 248 g/mol. The van der Waals surface area contributed by atoms with Crippen LogP contribution in [0.25, 0.3) is 0 Å². The van der Waals surface area contributed by atoms with Crippen molar-refractivity contribution in [3.63, 3.8) is 0 Å².